The monoisotopic (exact) mass is 268 g/mol. The van der Waals surface area contributed by atoms with Crippen LogP contribution in [0.2, 0.25) is 0 Å². The summed E-state index contributed by atoms with van der Waals surface area (Å²) in [5.74, 6) is -0.367. The number of nitrogens with one attached hydrogen (secondary N) is 1. The van der Waals surface area contributed by atoms with E-state index in [-0.39, 0.29) is 16.8 Å². The van der Waals surface area contributed by atoms with E-state index in [0.717, 1.165) is 6.42 Å². The topological polar surface area (TPSA) is 38.0 Å². The maximum Gasteiger partial charge on any atom is 0.135 e. The van der Waals surface area contributed by atoms with Crippen LogP contribution in [0.4, 0.5) is 10.1 Å². The molecule has 0 aliphatic rings. The van der Waals surface area contributed by atoms with Gasteiger partial charge in [0.25, 0.3) is 0 Å². The van der Waals surface area contributed by atoms with Gasteiger partial charge in [-0.3, -0.25) is 0 Å². The maximum absolute atomic E-state index is 13.7. The highest BCUT2D eigenvalue weighted by atomic mass is 32.1. The first-order valence-corrected chi connectivity index (χ1v) is 6.82. The second kappa shape index (κ2) is 7.31. The fraction of sp³-hybridized carbons (Fsp3) is 0.500. The van der Waals surface area contributed by atoms with Crippen LogP contribution < -0.4 is 11.1 Å². The van der Waals surface area contributed by atoms with E-state index in [4.69, 9.17) is 18.0 Å². The van der Waals surface area contributed by atoms with Crippen molar-refractivity contribution in [2.75, 3.05) is 5.32 Å². The first kappa shape index (κ1) is 14.9. The molecule has 18 heavy (non-hydrogen) atoms. The van der Waals surface area contributed by atoms with E-state index >= 15 is 0 Å². The Balaban J connectivity index is 2.72. The van der Waals surface area contributed by atoms with Gasteiger partial charge in [0.2, 0.25) is 0 Å². The van der Waals surface area contributed by atoms with E-state index in [1.165, 1.54) is 25.3 Å². The molecule has 1 unspecified atom stereocenters. The smallest absolute Gasteiger partial charge is 0.135 e. The fourth-order valence-corrected chi connectivity index (χ4v) is 2.14. The molecule has 1 atom stereocenters. The van der Waals surface area contributed by atoms with Gasteiger partial charge in [-0.25, -0.2) is 4.39 Å². The molecule has 0 bridgehead atoms. The SMILES string of the molecule is CCCCCC(C)Nc1cccc(F)c1C(N)=S. The number of hydrogen-bond donors (Lipinski definition) is 2. The van der Waals surface area contributed by atoms with Crippen LogP contribution in [-0.4, -0.2) is 11.0 Å². The number of nitrogens with two attached hydrogens (primary N) is 1. The van der Waals surface area contributed by atoms with Crippen LogP contribution in [0.3, 0.4) is 0 Å². The Morgan fingerprint density at radius 3 is 2.78 bits per heavy atom. The van der Waals surface area contributed by atoms with Crippen LogP contribution in [0.15, 0.2) is 18.2 Å². The van der Waals surface area contributed by atoms with Crippen molar-refractivity contribution >= 4 is 22.9 Å². The third kappa shape index (κ3) is 4.26. The van der Waals surface area contributed by atoms with Gasteiger partial charge in [0, 0.05) is 11.7 Å². The predicted octanol–water partition coefficient (Wildman–Crippen LogP) is 3.84. The summed E-state index contributed by atoms with van der Waals surface area (Å²) in [5, 5.41) is 3.28. The zero-order chi connectivity index (χ0) is 13.5. The van der Waals surface area contributed by atoms with Crippen LogP contribution in [0.1, 0.15) is 45.1 Å². The molecule has 0 radical (unpaired) electrons. The largest absolute Gasteiger partial charge is 0.389 e. The Labute approximate surface area is 114 Å². The molecule has 0 spiro atoms. The summed E-state index contributed by atoms with van der Waals surface area (Å²) in [7, 11) is 0. The summed E-state index contributed by atoms with van der Waals surface area (Å²) >= 11 is 4.89. The van der Waals surface area contributed by atoms with E-state index in [9.17, 15) is 4.39 Å². The highest BCUT2D eigenvalue weighted by Gasteiger charge is 2.12. The molecule has 1 aromatic rings. The van der Waals surface area contributed by atoms with E-state index in [2.05, 4.69) is 19.2 Å². The number of hydrogen-bond acceptors (Lipinski definition) is 2. The van der Waals surface area contributed by atoms with Crippen molar-refractivity contribution in [3.05, 3.63) is 29.6 Å². The Kier molecular flexibility index (Phi) is 6.05. The molecule has 3 N–H and O–H groups in total. The molecule has 0 aliphatic carbocycles. The van der Waals surface area contributed by atoms with Crippen LogP contribution in [0, 0.1) is 5.82 Å². The number of thiocarbonyl (C=S) groups is 1. The molecule has 1 rings (SSSR count). The van der Waals surface area contributed by atoms with Crippen molar-refractivity contribution in [3.63, 3.8) is 0 Å². The standard InChI is InChI=1S/C14H21FN2S/c1-3-4-5-7-10(2)17-12-9-6-8-11(15)13(12)14(16)18/h6,8-10,17H,3-5,7H2,1-2H3,(H2,16,18). The molecule has 0 aliphatic heterocycles. The third-order valence-electron chi connectivity index (χ3n) is 2.90. The molecule has 1 aromatic carbocycles. The Morgan fingerprint density at radius 1 is 1.44 bits per heavy atom. The lowest BCUT2D eigenvalue weighted by molar-refractivity contribution is 0.610. The molecule has 0 amide bonds. The van der Waals surface area contributed by atoms with Gasteiger partial charge in [-0.1, -0.05) is 44.5 Å². The normalized spacial score (nSPS) is 12.2. The minimum atomic E-state index is -0.367. The second-order valence-corrected chi connectivity index (χ2v) is 5.01. The van der Waals surface area contributed by atoms with Crippen LogP contribution in [0.25, 0.3) is 0 Å². The molecule has 0 saturated carbocycles. The van der Waals surface area contributed by atoms with Crippen molar-refractivity contribution in [1.82, 2.24) is 0 Å². The van der Waals surface area contributed by atoms with Crippen molar-refractivity contribution in [1.29, 1.82) is 0 Å². The predicted molar refractivity (Wildman–Crippen MR) is 79.5 cm³/mol. The summed E-state index contributed by atoms with van der Waals surface area (Å²) in [6.45, 7) is 4.26. The lowest BCUT2D eigenvalue weighted by Crippen LogP contribution is -2.20. The molecule has 100 valence electrons. The first-order valence-electron chi connectivity index (χ1n) is 6.41. The van der Waals surface area contributed by atoms with Crippen molar-refractivity contribution in [2.24, 2.45) is 5.73 Å². The number of anilines is 1. The van der Waals surface area contributed by atoms with E-state index < -0.39 is 0 Å². The molecular formula is C14H21FN2S. The first-order chi connectivity index (χ1) is 8.56. The molecule has 0 heterocycles. The van der Waals surface area contributed by atoms with Crippen LogP contribution >= 0.6 is 12.2 Å². The van der Waals surface area contributed by atoms with Crippen LogP contribution in [0.5, 0.6) is 0 Å². The number of unbranched alkanes of at least 4 members (excludes halogenated alkanes) is 2. The summed E-state index contributed by atoms with van der Waals surface area (Å²) < 4.78 is 13.7. The van der Waals surface area contributed by atoms with E-state index in [0.29, 0.717) is 11.3 Å². The van der Waals surface area contributed by atoms with E-state index in [1.54, 1.807) is 6.07 Å². The van der Waals surface area contributed by atoms with Gasteiger partial charge in [-0.2, -0.15) is 0 Å². The average molecular weight is 268 g/mol. The molecule has 0 saturated heterocycles. The molecule has 0 fully saturated rings. The molecular weight excluding hydrogens is 247 g/mol. The number of rotatable bonds is 7. The summed E-state index contributed by atoms with van der Waals surface area (Å²) in [6.07, 6.45) is 4.64. The van der Waals surface area contributed by atoms with Gasteiger partial charge < -0.3 is 11.1 Å². The van der Waals surface area contributed by atoms with Gasteiger partial charge in [0.1, 0.15) is 10.8 Å². The lowest BCUT2D eigenvalue weighted by Gasteiger charge is -2.18. The molecule has 4 heteroatoms. The maximum atomic E-state index is 13.7. The number of halogens is 1. The Hall–Kier alpha value is -1.16. The van der Waals surface area contributed by atoms with Gasteiger partial charge in [0.05, 0.1) is 5.56 Å². The summed E-state index contributed by atoms with van der Waals surface area (Å²) in [5.41, 5.74) is 6.57. The Bertz CT molecular complexity index is 407. The lowest BCUT2D eigenvalue weighted by atomic mass is 10.1. The van der Waals surface area contributed by atoms with Gasteiger partial charge >= 0.3 is 0 Å². The zero-order valence-corrected chi connectivity index (χ0v) is 11.8. The van der Waals surface area contributed by atoms with Crippen molar-refractivity contribution < 1.29 is 4.39 Å². The molecule has 0 aromatic heterocycles. The highest BCUT2D eigenvalue weighted by Crippen LogP contribution is 2.20. The van der Waals surface area contributed by atoms with Crippen LogP contribution in [-0.2, 0) is 0 Å². The second-order valence-electron chi connectivity index (χ2n) is 4.57. The van der Waals surface area contributed by atoms with E-state index in [1.807, 2.05) is 6.07 Å². The fourth-order valence-electron chi connectivity index (χ4n) is 1.93. The zero-order valence-electron chi connectivity index (χ0n) is 11.0. The number of benzene rings is 1. The van der Waals surface area contributed by atoms with Crippen molar-refractivity contribution in [2.45, 2.75) is 45.6 Å². The quantitative estimate of drug-likeness (QED) is 0.583. The highest BCUT2D eigenvalue weighted by molar-refractivity contribution is 7.80. The summed E-state index contributed by atoms with van der Waals surface area (Å²) in [4.78, 5) is 0.0939. The Morgan fingerprint density at radius 2 is 2.17 bits per heavy atom. The minimum absolute atomic E-state index is 0.0939. The van der Waals surface area contributed by atoms with Crippen molar-refractivity contribution in [3.8, 4) is 0 Å². The summed E-state index contributed by atoms with van der Waals surface area (Å²) in [6, 6.07) is 5.14. The van der Waals surface area contributed by atoms with Gasteiger partial charge in [0.15, 0.2) is 0 Å². The minimum Gasteiger partial charge on any atom is -0.389 e. The third-order valence-corrected chi connectivity index (χ3v) is 3.11. The average Bonchev–Trinajstić information content (AvgIpc) is 2.28. The molecule has 2 nitrogen and oxygen atoms in total. The van der Waals surface area contributed by atoms with Gasteiger partial charge in [-0.05, 0) is 25.5 Å². The van der Waals surface area contributed by atoms with Gasteiger partial charge in [-0.15, -0.1) is 0 Å².